The summed E-state index contributed by atoms with van der Waals surface area (Å²) < 4.78 is 19.1. The maximum absolute atomic E-state index is 13.6. The number of aromatic nitrogens is 1. The molecular weight excluding hydrogens is 309 g/mol. The van der Waals surface area contributed by atoms with Gasteiger partial charge in [-0.15, -0.1) is 0 Å². The predicted octanol–water partition coefficient (Wildman–Crippen LogP) is 3.40. The quantitative estimate of drug-likeness (QED) is 0.934. The molecule has 3 rings (SSSR count). The Bertz CT molecular complexity index is 720. The van der Waals surface area contributed by atoms with Gasteiger partial charge in [-0.25, -0.2) is 9.18 Å². The minimum absolute atomic E-state index is 0.0990. The highest BCUT2D eigenvalue weighted by atomic mass is 19.1. The van der Waals surface area contributed by atoms with E-state index in [1.165, 1.54) is 6.07 Å². The average Bonchev–Trinajstić information content (AvgIpc) is 2.96. The molecule has 1 aromatic carbocycles. The number of halogens is 1. The molecule has 6 heteroatoms. The predicted molar refractivity (Wildman–Crippen MR) is 87.8 cm³/mol. The summed E-state index contributed by atoms with van der Waals surface area (Å²) in [6.07, 6.45) is 3.34. The molecule has 2 aromatic rings. The normalized spacial score (nSPS) is 20.2. The van der Waals surface area contributed by atoms with Crippen LogP contribution in [0.5, 0.6) is 5.75 Å². The largest absolute Gasteiger partial charge is 0.487 e. The molecule has 0 radical (unpaired) electrons. The monoisotopic (exact) mass is 329 g/mol. The second-order valence-corrected chi connectivity index (χ2v) is 5.99. The summed E-state index contributed by atoms with van der Waals surface area (Å²) in [6.45, 7) is 2.12. The van der Waals surface area contributed by atoms with Crippen LogP contribution >= 0.6 is 0 Å². The summed E-state index contributed by atoms with van der Waals surface area (Å²) in [4.78, 5) is 17.7. The van der Waals surface area contributed by atoms with E-state index in [1.54, 1.807) is 35.4 Å². The highest BCUT2D eigenvalue weighted by molar-refractivity contribution is 5.73. The van der Waals surface area contributed by atoms with Crippen molar-refractivity contribution in [1.29, 1.82) is 0 Å². The molecule has 1 saturated heterocycles. The Kier molecular flexibility index (Phi) is 4.64. The van der Waals surface area contributed by atoms with Gasteiger partial charge in [0.25, 0.3) is 0 Å². The smallest absolute Gasteiger partial charge is 0.315 e. The van der Waals surface area contributed by atoms with Gasteiger partial charge >= 0.3 is 6.03 Å². The fourth-order valence-electron chi connectivity index (χ4n) is 3.10. The van der Waals surface area contributed by atoms with E-state index in [1.807, 2.05) is 13.0 Å². The third kappa shape index (κ3) is 3.32. The molecule has 1 aromatic heterocycles. The van der Waals surface area contributed by atoms with Gasteiger partial charge in [-0.05, 0) is 38.0 Å². The Morgan fingerprint density at radius 3 is 2.79 bits per heavy atom. The summed E-state index contributed by atoms with van der Waals surface area (Å²) in [5.41, 5.74) is 6.75. The standard InChI is InChI=1S/C18H20FN3O2/c1-12-6-9-17(22(12)18(20)23)16-8-7-14(10-21-16)24-11-13-4-2-3-5-15(13)19/h2-5,7-8,10,12,17H,6,9,11H2,1H3,(H2,20,23)/t12?,17-/m1/s1. The number of ether oxygens (including phenoxy) is 1. The van der Waals surface area contributed by atoms with E-state index in [0.717, 1.165) is 18.5 Å². The molecule has 24 heavy (non-hydrogen) atoms. The zero-order valence-electron chi connectivity index (χ0n) is 13.5. The summed E-state index contributed by atoms with van der Waals surface area (Å²) in [6, 6.07) is 9.70. The van der Waals surface area contributed by atoms with Crippen LogP contribution in [-0.2, 0) is 6.61 Å². The first-order valence-corrected chi connectivity index (χ1v) is 7.96. The van der Waals surface area contributed by atoms with E-state index >= 15 is 0 Å². The fourth-order valence-corrected chi connectivity index (χ4v) is 3.10. The van der Waals surface area contributed by atoms with Crippen molar-refractivity contribution in [2.75, 3.05) is 0 Å². The molecule has 0 bridgehead atoms. The summed E-state index contributed by atoms with van der Waals surface area (Å²) in [7, 11) is 0. The lowest BCUT2D eigenvalue weighted by molar-refractivity contribution is 0.185. The van der Waals surface area contributed by atoms with Crippen LogP contribution in [0.4, 0.5) is 9.18 Å². The molecule has 1 aliphatic heterocycles. The maximum atomic E-state index is 13.6. The molecule has 2 N–H and O–H groups in total. The summed E-state index contributed by atoms with van der Waals surface area (Å²) in [5, 5.41) is 0. The molecule has 1 aliphatic rings. The minimum Gasteiger partial charge on any atom is -0.487 e. The number of likely N-dealkylation sites (tertiary alicyclic amines) is 1. The van der Waals surface area contributed by atoms with Gasteiger partial charge in [0, 0.05) is 11.6 Å². The lowest BCUT2D eigenvalue weighted by atomic mass is 10.1. The second kappa shape index (κ2) is 6.86. The highest BCUT2D eigenvalue weighted by Crippen LogP contribution is 2.35. The highest BCUT2D eigenvalue weighted by Gasteiger charge is 2.34. The van der Waals surface area contributed by atoms with Gasteiger partial charge < -0.3 is 15.4 Å². The number of urea groups is 1. The van der Waals surface area contributed by atoms with Crippen molar-refractivity contribution in [3.05, 3.63) is 59.7 Å². The zero-order valence-corrected chi connectivity index (χ0v) is 13.5. The SMILES string of the molecule is CC1CC[C@H](c2ccc(OCc3ccccc3F)cn2)N1C(N)=O. The Balaban J connectivity index is 1.67. The van der Waals surface area contributed by atoms with Gasteiger partial charge in [0.2, 0.25) is 0 Å². The fraction of sp³-hybridized carbons (Fsp3) is 0.333. The number of primary amides is 1. The zero-order chi connectivity index (χ0) is 17.1. The Morgan fingerprint density at radius 1 is 1.33 bits per heavy atom. The Morgan fingerprint density at radius 2 is 2.12 bits per heavy atom. The lowest BCUT2D eigenvalue weighted by Crippen LogP contribution is -2.39. The molecular formula is C18H20FN3O2. The number of benzene rings is 1. The number of nitrogens with two attached hydrogens (primary N) is 1. The number of pyridine rings is 1. The van der Waals surface area contributed by atoms with E-state index in [2.05, 4.69) is 4.98 Å². The van der Waals surface area contributed by atoms with Crippen molar-refractivity contribution in [2.24, 2.45) is 5.73 Å². The molecule has 2 heterocycles. The van der Waals surface area contributed by atoms with Crippen LogP contribution in [0.3, 0.4) is 0 Å². The van der Waals surface area contributed by atoms with Crippen LogP contribution in [-0.4, -0.2) is 22.0 Å². The molecule has 0 saturated carbocycles. The van der Waals surface area contributed by atoms with E-state index in [4.69, 9.17) is 10.5 Å². The maximum Gasteiger partial charge on any atom is 0.315 e. The first-order valence-electron chi connectivity index (χ1n) is 7.96. The van der Waals surface area contributed by atoms with Crippen LogP contribution in [0.15, 0.2) is 42.6 Å². The molecule has 1 fully saturated rings. The average molecular weight is 329 g/mol. The molecule has 2 amide bonds. The van der Waals surface area contributed by atoms with E-state index in [9.17, 15) is 9.18 Å². The topological polar surface area (TPSA) is 68.4 Å². The number of carbonyl (C=O) groups is 1. The van der Waals surface area contributed by atoms with Gasteiger partial charge in [0.15, 0.2) is 0 Å². The van der Waals surface area contributed by atoms with E-state index < -0.39 is 6.03 Å². The van der Waals surface area contributed by atoms with Gasteiger partial charge in [0.05, 0.1) is 17.9 Å². The second-order valence-electron chi connectivity index (χ2n) is 5.99. The van der Waals surface area contributed by atoms with Gasteiger partial charge in [-0.2, -0.15) is 0 Å². The molecule has 126 valence electrons. The van der Waals surface area contributed by atoms with Crippen LogP contribution < -0.4 is 10.5 Å². The number of nitrogens with zero attached hydrogens (tertiary/aromatic N) is 2. The Labute approximate surface area is 140 Å². The van der Waals surface area contributed by atoms with Crippen LogP contribution in [0, 0.1) is 5.82 Å². The number of amides is 2. The van der Waals surface area contributed by atoms with Crippen molar-refractivity contribution >= 4 is 6.03 Å². The van der Waals surface area contributed by atoms with Gasteiger partial charge in [-0.3, -0.25) is 4.98 Å². The van der Waals surface area contributed by atoms with Crippen LogP contribution in [0.1, 0.15) is 37.1 Å². The molecule has 0 spiro atoms. The lowest BCUT2D eigenvalue weighted by Gasteiger charge is -2.26. The minimum atomic E-state index is -0.424. The summed E-state index contributed by atoms with van der Waals surface area (Å²) in [5.74, 6) is 0.262. The number of carbonyl (C=O) groups excluding carboxylic acids is 1. The third-order valence-corrected chi connectivity index (χ3v) is 4.38. The van der Waals surface area contributed by atoms with Crippen LogP contribution in [0.25, 0.3) is 0 Å². The number of hydrogen-bond acceptors (Lipinski definition) is 3. The number of hydrogen-bond donors (Lipinski definition) is 1. The first kappa shape index (κ1) is 16.2. The third-order valence-electron chi connectivity index (χ3n) is 4.38. The van der Waals surface area contributed by atoms with Crippen molar-refractivity contribution in [3.63, 3.8) is 0 Å². The first-order chi connectivity index (χ1) is 11.6. The van der Waals surface area contributed by atoms with Crippen molar-refractivity contribution in [1.82, 2.24) is 9.88 Å². The molecule has 2 atom stereocenters. The van der Waals surface area contributed by atoms with Crippen LogP contribution in [0.2, 0.25) is 0 Å². The Hall–Kier alpha value is -2.63. The van der Waals surface area contributed by atoms with Crippen molar-refractivity contribution in [3.8, 4) is 5.75 Å². The van der Waals surface area contributed by atoms with Crippen molar-refractivity contribution in [2.45, 2.75) is 38.5 Å². The molecule has 1 unspecified atom stereocenters. The van der Waals surface area contributed by atoms with E-state index in [0.29, 0.717) is 11.3 Å². The molecule has 5 nitrogen and oxygen atoms in total. The summed E-state index contributed by atoms with van der Waals surface area (Å²) >= 11 is 0. The van der Waals surface area contributed by atoms with E-state index in [-0.39, 0.29) is 24.5 Å². The van der Waals surface area contributed by atoms with Crippen molar-refractivity contribution < 1.29 is 13.9 Å². The number of rotatable bonds is 4. The van der Waals surface area contributed by atoms with Gasteiger partial charge in [-0.1, -0.05) is 18.2 Å². The molecule has 0 aliphatic carbocycles. The van der Waals surface area contributed by atoms with Gasteiger partial charge in [0.1, 0.15) is 18.2 Å².